The summed E-state index contributed by atoms with van der Waals surface area (Å²) in [5.74, 6) is 1.51. The van der Waals surface area contributed by atoms with E-state index in [2.05, 4.69) is 31.2 Å². The van der Waals surface area contributed by atoms with Crippen molar-refractivity contribution in [3.05, 3.63) is 47.5 Å². The Labute approximate surface area is 178 Å². The number of amides is 1. The van der Waals surface area contributed by atoms with Crippen molar-refractivity contribution in [2.75, 3.05) is 32.8 Å². The molecule has 0 bridgehead atoms. The van der Waals surface area contributed by atoms with E-state index in [1.54, 1.807) is 26.4 Å². The van der Waals surface area contributed by atoms with Crippen LogP contribution in [0.2, 0.25) is 0 Å². The van der Waals surface area contributed by atoms with Crippen molar-refractivity contribution in [1.29, 1.82) is 0 Å². The second kappa shape index (κ2) is 10.5. The summed E-state index contributed by atoms with van der Waals surface area (Å²) in [6.07, 6.45) is 1.51. The quantitative estimate of drug-likeness (QED) is 0.486. The average molecular weight is 415 g/mol. The lowest BCUT2D eigenvalue weighted by Crippen LogP contribution is -2.18. The van der Waals surface area contributed by atoms with E-state index in [9.17, 15) is 4.79 Å². The lowest BCUT2D eigenvalue weighted by Gasteiger charge is -2.21. The molecular formula is C23H30N2O5. The second-order valence-electron chi connectivity index (χ2n) is 7.56. The van der Waals surface area contributed by atoms with Crippen LogP contribution >= 0.6 is 0 Å². The van der Waals surface area contributed by atoms with Gasteiger partial charge in [0.05, 0.1) is 32.7 Å². The predicted octanol–water partition coefficient (Wildman–Crippen LogP) is 4.39. The molecule has 162 valence electrons. The zero-order valence-corrected chi connectivity index (χ0v) is 18.4. The van der Waals surface area contributed by atoms with Crippen LogP contribution in [-0.4, -0.2) is 39.6 Å². The van der Waals surface area contributed by atoms with Crippen LogP contribution in [0.1, 0.15) is 38.8 Å². The summed E-state index contributed by atoms with van der Waals surface area (Å²) < 4.78 is 16.1. The van der Waals surface area contributed by atoms with Crippen LogP contribution in [0.5, 0.6) is 17.2 Å². The molecule has 0 atom stereocenters. The first-order chi connectivity index (χ1) is 14.3. The molecule has 0 radical (unpaired) electrons. The molecule has 2 rings (SSSR count). The normalized spacial score (nSPS) is 11.3. The highest BCUT2D eigenvalue weighted by molar-refractivity contribution is 5.93. The highest BCUT2D eigenvalue weighted by atomic mass is 16.6. The highest BCUT2D eigenvalue weighted by Gasteiger charge is 2.17. The van der Waals surface area contributed by atoms with E-state index < -0.39 is 0 Å². The standard InChI is InChI=1S/C23H30N2O5/c1-7-29-20-10-8-16(12-21(20)28-6)14-24-30-15-22(26)25-18-13-17(23(2,3)4)9-11-19(18)27-5/h8-14H,7,15H2,1-6H3,(H,25,26). The first-order valence-corrected chi connectivity index (χ1v) is 9.73. The minimum Gasteiger partial charge on any atom is -0.495 e. The van der Waals surface area contributed by atoms with Gasteiger partial charge in [0.2, 0.25) is 0 Å². The Balaban J connectivity index is 1.97. The topological polar surface area (TPSA) is 78.4 Å². The minimum atomic E-state index is -0.333. The summed E-state index contributed by atoms with van der Waals surface area (Å²) in [5, 5.41) is 6.67. The third kappa shape index (κ3) is 6.40. The van der Waals surface area contributed by atoms with Crippen LogP contribution in [0.25, 0.3) is 0 Å². The van der Waals surface area contributed by atoms with Crippen LogP contribution in [0.4, 0.5) is 5.69 Å². The molecule has 1 amide bonds. The SMILES string of the molecule is CCOc1ccc(C=NOCC(=O)Nc2cc(C(C)(C)C)ccc2OC)cc1OC. The van der Waals surface area contributed by atoms with Crippen LogP contribution < -0.4 is 19.5 Å². The molecule has 0 aliphatic carbocycles. The number of benzene rings is 2. The van der Waals surface area contributed by atoms with Gasteiger partial charge in [-0.3, -0.25) is 4.79 Å². The van der Waals surface area contributed by atoms with E-state index in [1.807, 2.05) is 31.2 Å². The molecule has 2 aromatic carbocycles. The molecule has 0 aromatic heterocycles. The van der Waals surface area contributed by atoms with Gasteiger partial charge >= 0.3 is 0 Å². The fraction of sp³-hybridized carbons (Fsp3) is 0.391. The second-order valence-corrected chi connectivity index (χ2v) is 7.56. The molecule has 0 aliphatic heterocycles. The number of nitrogens with zero attached hydrogens (tertiary/aromatic N) is 1. The maximum absolute atomic E-state index is 12.3. The summed E-state index contributed by atoms with van der Waals surface area (Å²) in [6.45, 7) is 8.54. The Bertz CT molecular complexity index is 888. The average Bonchev–Trinajstić information content (AvgIpc) is 2.71. The lowest BCUT2D eigenvalue weighted by molar-refractivity contribution is -0.120. The Morgan fingerprint density at radius 1 is 1.03 bits per heavy atom. The van der Waals surface area contributed by atoms with E-state index in [0.29, 0.717) is 29.5 Å². The summed E-state index contributed by atoms with van der Waals surface area (Å²) in [4.78, 5) is 17.4. The molecule has 0 heterocycles. The van der Waals surface area contributed by atoms with Crippen molar-refractivity contribution in [2.24, 2.45) is 5.16 Å². The van der Waals surface area contributed by atoms with E-state index in [0.717, 1.165) is 11.1 Å². The number of rotatable bonds is 9. The van der Waals surface area contributed by atoms with Crippen LogP contribution in [0, 0.1) is 0 Å². The van der Waals surface area contributed by atoms with Gasteiger partial charge < -0.3 is 24.4 Å². The van der Waals surface area contributed by atoms with E-state index in [4.69, 9.17) is 19.0 Å². The van der Waals surface area contributed by atoms with Gasteiger partial charge in [-0.15, -0.1) is 0 Å². The van der Waals surface area contributed by atoms with Crippen molar-refractivity contribution in [3.63, 3.8) is 0 Å². The number of methoxy groups -OCH3 is 2. The van der Waals surface area contributed by atoms with E-state index in [-0.39, 0.29) is 17.9 Å². The number of anilines is 1. The maximum atomic E-state index is 12.3. The van der Waals surface area contributed by atoms with Gasteiger partial charge in [-0.1, -0.05) is 32.0 Å². The van der Waals surface area contributed by atoms with Gasteiger partial charge in [-0.2, -0.15) is 0 Å². The van der Waals surface area contributed by atoms with E-state index >= 15 is 0 Å². The monoisotopic (exact) mass is 414 g/mol. The molecule has 1 N–H and O–H groups in total. The smallest absolute Gasteiger partial charge is 0.265 e. The molecule has 0 saturated carbocycles. The van der Waals surface area contributed by atoms with Crippen LogP contribution in [-0.2, 0) is 15.0 Å². The number of oxime groups is 1. The first kappa shape index (κ1) is 23.1. The highest BCUT2D eigenvalue weighted by Crippen LogP contribution is 2.31. The number of nitrogens with one attached hydrogen (secondary N) is 1. The Kier molecular flexibility index (Phi) is 8.09. The third-order valence-electron chi connectivity index (χ3n) is 4.30. The summed E-state index contributed by atoms with van der Waals surface area (Å²) in [5.41, 5.74) is 2.39. The lowest BCUT2D eigenvalue weighted by atomic mass is 9.87. The maximum Gasteiger partial charge on any atom is 0.265 e. The first-order valence-electron chi connectivity index (χ1n) is 9.73. The molecule has 0 unspecified atom stereocenters. The molecule has 0 saturated heterocycles. The molecular weight excluding hydrogens is 384 g/mol. The van der Waals surface area contributed by atoms with Crippen molar-refractivity contribution in [2.45, 2.75) is 33.1 Å². The Morgan fingerprint density at radius 2 is 1.73 bits per heavy atom. The molecule has 0 fully saturated rings. The van der Waals surface area contributed by atoms with Gasteiger partial charge in [0.1, 0.15) is 5.75 Å². The number of ether oxygens (including phenoxy) is 3. The molecule has 7 nitrogen and oxygen atoms in total. The molecule has 30 heavy (non-hydrogen) atoms. The molecule has 0 spiro atoms. The molecule has 2 aromatic rings. The number of carbonyl (C=O) groups is 1. The van der Waals surface area contributed by atoms with Crippen molar-refractivity contribution in [1.82, 2.24) is 0 Å². The zero-order valence-electron chi connectivity index (χ0n) is 18.4. The largest absolute Gasteiger partial charge is 0.495 e. The van der Waals surface area contributed by atoms with Crippen LogP contribution in [0.3, 0.4) is 0 Å². The van der Waals surface area contributed by atoms with Crippen LogP contribution in [0.15, 0.2) is 41.6 Å². The predicted molar refractivity (Wildman–Crippen MR) is 118 cm³/mol. The molecule has 7 heteroatoms. The minimum absolute atomic E-state index is 0.0503. The summed E-state index contributed by atoms with van der Waals surface area (Å²) >= 11 is 0. The van der Waals surface area contributed by atoms with Gasteiger partial charge in [0.15, 0.2) is 18.1 Å². The fourth-order valence-electron chi connectivity index (χ4n) is 2.69. The zero-order chi connectivity index (χ0) is 22.1. The van der Waals surface area contributed by atoms with Gasteiger partial charge in [-0.05, 0) is 48.2 Å². The van der Waals surface area contributed by atoms with Crippen molar-refractivity contribution in [3.8, 4) is 17.2 Å². The van der Waals surface area contributed by atoms with Crippen molar-refractivity contribution < 1.29 is 23.8 Å². The van der Waals surface area contributed by atoms with Crippen molar-refractivity contribution >= 4 is 17.8 Å². The number of carbonyl (C=O) groups excluding carboxylic acids is 1. The summed E-state index contributed by atoms with van der Waals surface area (Å²) in [6, 6.07) is 11.1. The number of hydrogen-bond donors (Lipinski definition) is 1. The van der Waals surface area contributed by atoms with Gasteiger partial charge in [0.25, 0.3) is 5.91 Å². The Hall–Kier alpha value is -3.22. The van der Waals surface area contributed by atoms with Gasteiger partial charge in [-0.25, -0.2) is 0 Å². The van der Waals surface area contributed by atoms with E-state index in [1.165, 1.54) is 6.21 Å². The summed E-state index contributed by atoms with van der Waals surface area (Å²) in [7, 11) is 3.14. The molecule has 0 aliphatic rings. The Morgan fingerprint density at radius 3 is 2.37 bits per heavy atom. The van der Waals surface area contributed by atoms with Gasteiger partial charge in [0, 0.05) is 5.56 Å². The third-order valence-corrected chi connectivity index (χ3v) is 4.30. The fourth-order valence-corrected chi connectivity index (χ4v) is 2.69. The number of hydrogen-bond acceptors (Lipinski definition) is 6.